The minimum Gasteiger partial charge on any atom is -0.490 e. The van der Waals surface area contributed by atoms with Gasteiger partial charge in [-0.05, 0) is 61.7 Å². The van der Waals surface area contributed by atoms with Crippen molar-refractivity contribution in [2.24, 2.45) is 5.10 Å². The number of fused-ring (bicyclic) bond motifs is 1. The number of carbonyl (C=O) groups excluding carboxylic acids is 2. The zero-order valence-electron chi connectivity index (χ0n) is 17.5. The monoisotopic (exact) mass is 403 g/mol. The Morgan fingerprint density at radius 1 is 0.967 bits per heavy atom. The Labute approximate surface area is 175 Å². The third-order valence-electron chi connectivity index (χ3n) is 4.71. The highest BCUT2D eigenvalue weighted by Crippen LogP contribution is 2.27. The van der Waals surface area contributed by atoms with Gasteiger partial charge in [-0.25, -0.2) is 5.43 Å². The maximum atomic E-state index is 12.2. The zero-order chi connectivity index (χ0) is 21.7. The van der Waals surface area contributed by atoms with Gasteiger partial charge in [0.15, 0.2) is 0 Å². The first-order valence-corrected chi connectivity index (χ1v) is 9.76. The Hall–Kier alpha value is -3.67. The van der Waals surface area contributed by atoms with Gasteiger partial charge in [0.05, 0.1) is 12.3 Å². The number of ether oxygens (including phenoxy) is 1. The van der Waals surface area contributed by atoms with E-state index in [1.54, 1.807) is 6.07 Å². The first-order valence-electron chi connectivity index (χ1n) is 9.76. The second-order valence-electron chi connectivity index (χ2n) is 7.27. The van der Waals surface area contributed by atoms with Gasteiger partial charge in [0.1, 0.15) is 5.75 Å². The van der Waals surface area contributed by atoms with Crippen LogP contribution in [0.4, 0.5) is 5.69 Å². The van der Waals surface area contributed by atoms with Gasteiger partial charge < -0.3 is 10.1 Å². The molecule has 6 heteroatoms. The molecule has 0 bridgehead atoms. The molecule has 30 heavy (non-hydrogen) atoms. The highest BCUT2D eigenvalue weighted by molar-refractivity contribution is 6.39. The number of carbonyl (C=O) groups is 2. The lowest BCUT2D eigenvalue weighted by Gasteiger charge is -2.14. The summed E-state index contributed by atoms with van der Waals surface area (Å²) in [6.07, 6.45) is 1.49. The topological polar surface area (TPSA) is 79.8 Å². The molecule has 0 saturated heterocycles. The number of rotatable bonds is 5. The number of hydrogen-bond acceptors (Lipinski definition) is 4. The predicted molar refractivity (Wildman–Crippen MR) is 120 cm³/mol. The Balaban J connectivity index is 1.77. The lowest BCUT2D eigenvalue weighted by Crippen LogP contribution is -2.32. The number of hydrazone groups is 1. The molecule has 0 aliphatic rings. The molecule has 6 nitrogen and oxygen atoms in total. The van der Waals surface area contributed by atoms with Crippen molar-refractivity contribution in [2.45, 2.75) is 33.8 Å². The second kappa shape index (κ2) is 9.22. The van der Waals surface area contributed by atoms with E-state index in [9.17, 15) is 9.59 Å². The van der Waals surface area contributed by atoms with Crippen molar-refractivity contribution < 1.29 is 14.3 Å². The van der Waals surface area contributed by atoms with E-state index in [1.807, 2.05) is 76.2 Å². The molecule has 0 aliphatic heterocycles. The van der Waals surface area contributed by atoms with Gasteiger partial charge in [0.25, 0.3) is 0 Å². The minimum atomic E-state index is -0.848. The van der Waals surface area contributed by atoms with Crippen molar-refractivity contribution in [3.05, 3.63) is 71.3 Å². The van der Waals surface area contributed by atoms with Crippen LogP contribution < -0.4 is 15.5 Å². The fraction of sp³-hybridized carbons (Fsp3) is 0.208. The van der Waals surface area contributed by atoms with Crippen molar-refractivity contribution >= 4 is 34.5 Å². The van der Waals surface area contributed by atoms with Crippen LogP contribution in [-0.2, 0) is 9.59 Å². The molecule has 0 spiro atoms. The van der Waals surface area contributed by atoms with Crippen molar-refractivity contribution in [3.8, 4) is 5.75 Å². The summed E-state index contributed by atoms with van der Waals surface area (Å²) >= 11 is 0. The molecular weight excluding hydrogens is 378 g/mol. The number of nitrogens with one attached hydrogen (secondary N) is 2. The summed E-state index contributed by atoms with van der Waals surface area (Å²) < 4.78 is 5.88. The molecule has 0 heterocycles. The van der Waals surface area contributed by atoms with E-state index in [1.165, 1.54) is 6.21 Å². The molecule has 2 amide bonds. The standard InChI is InChI=1S/C24H25N3O3/c1-15(2)30-22-13-12-18-9-5-6-10-19(18)20(22)14-25-27-24(29)23(28)26-21-11-7-8-16(3)17(21)4/h5-15H,1-4H3,(H,26,28)(H,27,29)/b25-14-. The van der Waals surface area contributed by atoms with Gasteiger partial charge in [-0.1, -0.05) is 42.5 Å². The molecule has 154 valence electrons. The van der Waals surface area contributed by atoms with Crippen molar-refractivity contribution in [2.75, 3.05) is 5.32 Å². The molecule has 0 saturated carbocycles. The Kier molecular flexibility index (Phi) is 6.47. The van der Waals surface area contributed by atoms with Crippen LogP contribution in [0.2, 0.25) is 0 Å². The molecule has 0 aliphatic carbocycles. The van der Waals surface area contributed by atoms with Gasteiger partial charge in [-0.3, -0.25) is 9.59 Å². The molecule has 0 fully saturated rings. The summed E-state index contributed by atoms with van der Waals surface area (Å²) in [5.41, 5.74) is 5.56. The van der Waals surface area contributed by atoms with Gasteiger partial charge in [-0.2, -0.15) is 5.10 Å². The quantitative estimate of drug-likeness (QED) is 0.378. The number of amides is 2. The summed E-state index contributed by atoms with van der Waals surface area (Å²) in [4.78, 5) is 24.4. The first kappa shape index (κ1) is 21.0. The van der Waals surface area contributed by atoms with Gasteiger partial charge in [0.2, 0.25) is 0 Å². The fourth-order valence-corrected chi connectivity index (χ4v) is 3.04. The molecule has 2 N–H and O–H groups in total. The molecule has 3 aromatic carbocycles. The molecule has 3 aromatic rings. The molecule has 0 aromatic heterocycles. The minimum absolute atomic E-state index is 0.0174. The van der Waals surface area contributed by atoms with E-state index >= 15 is 0 Å². The lowest BCUT2D eigenvalue weighted by molar-refractivity contribution is -0.136. The predicted octanol–water partition coefficient (Wildman–Crippen LogP) is 4.33. The van der Waals surface area contributed by atoms with Crippen LogP contribution in [-0.4, -0.2) is 24.1 Å². The van der Waals surface area contributed by atoms with Crippen LogP contribution in [0.25, 0.3) is 10.8 Å². The average molecular weight is 403 g/mol. The number of benzene rings is 3. The van der Waals surface area contributed by atoms with Crippen LogP contribution in [0.3, 0.4) is 0 Å². The largest absolute Gasteiger partial charge is 0.490 e. The zero-order valence-corrected chi connectivity index (χ0v) is 17.5. The maximum absolute atomic E-state index is 12.2. The summed E-state index contributed by atoms with van der Waals surface area (Å²) in [6.45, 7) is 7.71. The van der Waals surface area contributed by atoms with Crippen LogP contribution in [0, 0.1) is 13.8 Å². The second-order valence-corrected chi connectivity index (χ2v) is 7.27. The molecule has 0 atom stereocenters. The average Bonchev–Trinajstić information content (AvgIpc) is 2.72. The Morgan fingerprint density at radius 2 is 1.73 bits per heavy atom. The molecule has 0 radical (unpaired) electrons. The Morgan fingerprint density at radius 3 is 2.50 bits per heavy atom. The van der Waals surface area contributed by atoms with E-state index in [0.29, 0.717) is 11.4 Å². The molecule has 3 rings (SSSR count). The summed E-state index contributed by atoms with van der Waals surface area (Å²) in [7, 11) is 0. The number of anilines is 1. The first-order chi connectivity index (χ1) is 14.4. The lowest BCUT2D eigenvalue weighted by atomic mass is 10.0. The van der Waals surface area contributed by atoms with E-state index in [0.717, 1.165) is 27.5 Å². The SMILES string of the molecule is Cc1cccc(NC(=O)C(=O)N/N=C\c2c(OC(C)C)ccc3ccccc23)c1C. The van der Waals surface area contributed by atoms with Crippen molar-refractivity contribution in [1.29, 1.82) is 0 Å². The maximum Gasteiger partial charge on any atom is 0.329 e. The van der Waals surface area contributed by atoms with E-state index in [2.05, 4.69) is 15.8 Å². The molecule has 0 unspecified atom stereocenters. The van der Waals surface area contributed by atoms with Crippen molar-refractivity contribution in [3.63, 3.8) is 0 Å². The van der Waals surface area contributed by atoms with Crippen molar-refractivity contribution in [1.82, 2.24) is 5.43 Å². The number of aryl methyl sites for hydroxylation is 1. The highest BCUT2D eigenvalue weighted by atomic mass is 16.5. The fourth-order valence-electron chi connectivity index (χ4n) is 3.04. The van der Waals surface area contributed by atoms with Gasteiger partial charge >= 0.3 is 11.8 Å². The summed E-state index contributed by atoms with van der Waals surface area (Å²) in [5, 5.41) is 8.57. The third kappa shape index (κ3) is 4.84. The smallest absolute Gasteiger partial charge is 0.329 e. The van der Waals surface area contributed by atoms with Crippen LogP contribution in [0.5, 0.6) is 5.75 Å². The normalized spacial score (nSPS) is 11.1. The molecular formula is C24H25N3O3. The van der Waals surface area contributed by atoms with Gasteiger partial charge in [-0.15, -0.1) is 0 Å². The van der Waals surface area contributed by atoms with Crippen LogP contribution in [0.15, 0.2) is 59.7 Å². The van der Waals surface area contributed by atoms with E-state index in [-0.39, 0.29) is 6.10 Å². The number of hydrogen-bond donors (Lipinski definition) is 2. The highest BCUT2D eigenvalue weighted by Gasteiger charge is 2.15. The van der Waals surface area contributed by atoms with Crippen LogP contribution in [0.1, 0.15) is 30.5 Å². The van der Waals surface area contributed by atoms with Crippen LogP contribution >= 0.6 is 0 Å². The summed E-state index contributed by atoms with van der Waals surface area (Å²) in [6, 6.07) is 17.2. The Bertz CT molecular complexity index is 1120. The summed E-state index contributed by atoms with van der Waals surface area (Å²) in [5.74, 6) is -0.974. The van der Waals surface area contributed by atoms with Gasteiger partial charge in [0, 0.05) is 11.3 Å². The van der Waals surface area contributed by atoms with E-state index in [4.69, 9.17) is 4.74 Å². The number of nitrogens with zero attached hydrogens (tertiary/aromatic N) is 1. The van der Waals surface area contributed by atoms with E-state index < -0.39 is 11.8 Å². The third-order valence-corrected chi connectivity index (χ3v) is 4.71.